The zero-order chi connectivity index (χ0) is 41.4. The Morgan fingerprint density at radius 3 is 1.41 bits per heavy atom. The van der Waals surface area contributed by atoms with Gasteiger partial charge in [0.25, 0.3) is 0 Å². The van der Waals surface area contributed by atoms with Crippen LogP contribution in [0.3, 0.4) is 0 Å². The summed E-state index contributed by atoms with van der Waals surface area (Å²) < 4.78 is 6.61. The smallest absolute Gasteiger partial charge is 0.164 e. The molecule has 0 bridgehead atoms. The summed E-state index contributed by atoms with van der Waals surface area (Å²) in [5, 5.41) is 12.7. The van der Waals surface area contributed by atoms with Crippen LogP contribution < -0.4 is 0 Å². The van der Waals surface area contributed by atoms with Gasteiger partial charge in [-0.15, -0.1) is 0 Å². The van der Waals surface area contributed by atoms with Gasteiger partial charge < -0.3 is 4.42 Å². The minimum Gasteiger partial charge on any atom is -0.456 e. The quantitative estimate of drug-likeness (QED) is 0.162. The fourth-order valence-corrected chi connectivity index (χ4v) is 9.60. The lowest BCUT2D eigenvalue weighted by molar-refractivity contribution is 0.669. The molecule has 0 atom stereocenters. The van der Waals surface area contributed by atoms with E-state index in [1.165, 1.54) is 32.3 Å². The van der Waals surface area contributed by atoms with Gasteiger partial charge in [0.15, 0.2) is 17.5 Å². The lowest BCUT2D eigenvalue weighted by Crippen LogP contribution is -2.00. The van der Waals surface area contributed by atoms with Crippen molar-refractivity contribution >= 4 is 75.9 Å². The molecule has 10 aromatic carbocycles. The van der Waals surface area contributed by atoms with Gasteiger partial charge in [-0.05, 0) is 62.1 Å². The van der Waals surface area contributed by atoms with E-state index in [9.17, 15) is 0 Å². The van der Waals surface area contributed by atoms with Crippen LogP contribution in [0.5, 0.6) is 0 Å². The van der Waals surface area contributed by atoms with Gasteiger partial charge in [-0.3, -0.25) is 0 Å². The fourth-order valence-electron chi connectivity index (χ4n) is 9.60. The number of hydrogen-bond donors (Lipinski definition) is 0. The van der Waals surface area contributed by atoms with Gasteiger partial charge in [0, 0.05) is 54.7 Å². The number of furan rings is 1. The van der Waals surface area contributed by atoms with Gasteiger partial charge in [-0.25, -0.2) is 19.9 Å². The molecule has 0 spiro atoms. The summed E-state index contributed by atoms with van der Waals surface area (Å²) in [6.07, 6.45) is 0. The Kier molecular flexibility index (Phi) is 7.84. The van der Waals surface area contributed by atoms with Crippen LogP contribution in [0.15, 0.2) is 211 Å². The third-order valence-corrected chi connectivity index (χ3v) is 12.5. The second-order valence-corrected chi connectivity index (χ2v) is 16.1. The van der Waals surface area contributed by atoms with E-state index in [1.54, 1.807) is 0 Å². The van der Waals surface area contributed by atoms with Crippen molar-refractivity contribution in [3.63, 3.8) is 0 Å². The molecular formula is C58H34N4O. The van der Waals surface area contributed by atoms with Crippen molar-refractivity contribution in [2.45, 2.75) is 0 Å². The number of hydrogen-bond acceptors (Lipinski definition) is 5. The highest BCUT2D eigenvalue weighted by molar-refractivity contribution is 6.28. The van der Waals surface area contributed by atoms with Crippen LogP contribution in [-0.4, -0.2) is 19.9 Å². The topological polar surface area (TPSA) is 64.7 Å². The first-order valence-corrected chi connectivity index (χ1v) is 21.2. The van der Waals surface area contributed by atoms with Crippen molar-refractivity contribution in [3.05, 3.63) is 206 Å². The Balaban J connectivity index is 0.999. The van der Waals surface area contributed by atoms with Gasteiger partial charge in [0.05, 0.1) is 11.2 Å². The second kappa shape index (κ2) is 14.0. The van der Waals surface area contributed by atoms with E-state index in [4.69, 9.17) is 24.4 Å². The van der Waals surface area contributed by atoms with Crippen molar-refractivity contribution in [1.82, 2.24) is 19.9 Å². The average Bonchev–Trinajstić information content (AvgIpc) is 3.74. The number of pyridine rings is 1. The monoisotopic (exact) mass is 802 g/mol. The molecule has 0 saturated carbocycles. The van der Waals surface area contributed by atoms with E-state index >= 15 is 0 Å². The lowest BCUT2D eigenvalue weighted by Gasteiger charge is -2.16. The molecule has 0 aliphatic carbocycles. The maximum absolute atomic E-state index is 6.61. The van der Waals surface area contributed by atoms with Crippen molar-refractivity contribution in [1.29, 1.82) is 0 Å². The number of aromatic nitrogens is 4. The number of rotatable bonds is 5. The van der Waals surface area contributed by atoms with E-state index in [-0.39, 0.29) is 0 Å². The molecular weight excluding hydrogens is 769 g/mol. The van der Waals surface area contributed by atoms with E-state index in [2.05, 4.69) is 164 Å². The van der Waals surface area contributed by atoms with Crippen LogP contribution >= 0.6 is 0 Å². The van der Waals surface area contributed by atoms with Crippen LogP contribution in [0.25, 0.3) is 132 Å². The molecule has 0 radical (unpaired) electrons. The largest absolute Gasteiger partial charge is 0.456 e. The zero-order valence-electron chi connectivity index (χ0n) is 33.8. The molecule has 0 aliphatic rings. The molecule has 13 rings (SSSR count). The van der Waals surface area contributed by atoms with Crippen molar-refractivity contribution in [2.24, 2.45) is 0 Å². The van der Waals surface area contributed by atoms with Gasteiger partial charge in [-0.2, -0.15) is 0 Å². The Morgan fingerprint density at radius 2 is 0.746 bits per heavy atom. The van der Waals surface area contributed by atoms with Gasteiger partial charge >= 0.3 is 0 Å². The molecule has 63 heavy (non-hydrogen) atoms. The maximum Gasteiger partial charge on any atom is 0.164 e. The second-order valence-electron chi connectivity index (χ2n) is 16.1. The van der Waals surface area contributed by atoms with Crippen LogP contribution in [0, 0.1) is 0 Å². The normalized spacial score (nSPS) is 11.8. The molecule has 5 heteroatoms. The summed E-state index contributed by atoms with van der Waals surface area (Å²) in [7, 11) is 0. The number of benzene rings is 10. The molecule has 0 N–H and O–H groups in total. The Bertz CT molecular complexity index is 3920. The first kappa shape index (κ1) is 35.2. The van der Waals surface area contributed by atoms with Crippen molar-refractivity contribution < 1.29 is 4.42 Å². The van der Waals surface area contributed by atoms with E-state index < -0.39 is 0 Å². The molecule has 3 heterocycles. The standard InChI is InChI=1S/C58H34N4O/c1-3-15-35(16-4-1)52-53-45-23-11-13-25-49(45)59-55(48(53)34-51-54(52)46-24-12-14-26-50(46)63-51)36-27-29-38(30-28-36)57-60-56(37-17-5-2-6-18-37)61-58(62-57)39-31-32-44-42-21-8-7-19-40(42)41-20-9-10-22-43(41)47(44)33-39/h1-34H. The molecule has 3 aromatic heterocycles. The molecule has 13 aromatic rings. The lowest BCUT2D eigenvalue weighted by atomic mass is 9.89. The molecule has 0 unspecified atom stereocenters. The maximum atomic E-state index is 6.61. The third kappa shape index (κ3) is 5.64. The minimum absolute atomic E-state index is 0.598. The van der Waals surface area contributed by atoms with Gasteiger partial charge in [-0.1, -0.05) is 182 Å². The van der Waals surface area contributed by atoms with E-state index in [1.807, 2.05) is 42.5 Å². The molecule has 0 amide bonds. The molecule has 0 fully saturated rings. The van der Waals surface area contributed by atoms with Crippen molar-refractivity contribution in [2.75, 3.05) is 0 Å². The fraction of sp³-hybridized carbons (Fsp3) is 0. The van der Waals surface area contributed by atoms with E-state index in [0.29, 0.717) is 17.5 Å². The molecule has 0 aliphatic heterocycles. The highest BCUT2D eigenvalue weighted by atomic mass is 16.3. The summed E-state index contributed by atoms with van der Waals surface area (Å²) in [5.74, 6) is 1.83. The summed E-state index contributed by atoms with van der Waals surface area (Å²) in [5.41, 5.74) is 9.50. The third-order valence-electron chi connectivity index (χ3n) is 12.5. The summed E-state index contributed by atoms with van der Waals surface area (Å²) in [6, 6.07) is 72.1. The molecule has 292 valence electrons. The predicted octanol–water partition coefficient (Wildman–Crippen LogP) is 15.3. The Hall–Kier alpha value is -8.54. The van der Waals surface area contributed by atoms with E-state index in [0.717, 1.165) is 82.7 Å². The zero-order valence-corrected chi connectivity index (χ0v) is 33.8. The van der Waals surface area contributed by atoms with Gasteiger partial charge in [0.2, 0.25) is 0 Å². The number of para-hydroxylation sites is 2. The highest BCUT2D eigenvalue weighted by Gasteiger charge is 2.22. The number of fused-ring (bicyclic) bond motifs is 12. The number of nitrogens with zero attached hydrogens (tertiary/aromatic N) is 4. The minimum atomic E-state index is 0.598. The molecule has 0 saturated heterocycles. The Morgan fingerprint density at radius 1 is 0.270 bits per heavy atom. The SMILES string of the molecule is c1ccc(-c2nc(-c3ccc(-c4nc5ccccc5c5c(-c6ccccc6)c6c(cc45)oc4ccccc46)cc3)nc(-c3ccc4c5ccccc5c5ccccc5c4c3)n2)cc1. The van der Waals surface area contributed by atoms with Crippen LogP contribution in [0.4, 0.5) is 0 Å². The first-order chi connectivity index (χ1) is 31.2. The first-order valence-electron chi connectivity index (χ1n) is 21.2. The van der Waals surface area contributed by atoms with Crippen LogP contribution in [0.2, 0.25) is 0 Å². The Labute approximate surface area is 361 Å². The van der Waals surface area contributed by atoms with Crippen molar-refractivity contribution in [3.8, 4) is 56.5 Å². The predicted molar refractivity (Wildman–Crippen MR) is 260 cm³/mol. The van der Waals surface area contributed by atoms with Crippen LogP contribution in [0.1, 0.15) is 0 Å². The van der Waals surface area contributed by atoms with Crippen LogP contribution in [-0.2, 0) is 0 Å². The highest BCUT2D eigenvalue weighted by Crippen LogP contribution is 2.46. The van der Waals surface area contributed by atoms with Gasteiger partial charge in [0.1, 0.15) is 11.2 Å². The summed E-state index contributed by atoms with van der Waals surface area (Å²) >= 11 is 0. The average molecular weight is 803 g/mol. The summed E-state index contributed by atoms with van der Waals surface area (Å²) in [6.45, 7) is 0. The molecule has 5 nitrogen and oxygen atoms in total. The summed E-state index contributed by atoms with van der Waals surface area (Å²) in [4.78, 5) is 20.8.